The molecule has 1 aromatic carbocycles. The van der Waals surface area contributed by atoms with Gasteiger partial charge >= 0.3 is 5.97 Å². The van der Waals surface area contributed by atoms with Crippen LogP contribution in [0.2, 0.25) is 0 Å². The van der Waals surface area contributed by atoms with Crippen molar-refractivity contribution in [3.05, 3.63) is 48.7 Å². The van der Waals surface area contributed by atoms with Gasteiger partial charge in [0.25, 0.3) is 5.88 Å². The first-order valence-electron chi connectivity index (χ1n) is 5.68. The van der Waals surface area contributed by atoms with Crippen molar-refractivity contribution in [3.63, 3.8) is 0 Å². The highest BCUT2D eigenvalue weighted by Gasteiger charge is 2.10. The topological polar surface area (TPSA) is 48.4 Å². The number of pyridine rings is 1. The lowest BCUT2D eigenvalue weighted by molar-refractivity contribution is -0.134. The third-order valence-electron chi connectivity index (χ3n) is 2.21. The van der Waals surface area contributed by atoms with E-state index < -0.39 is 0 Å². The van der Waals surface area contributed by atoms with Crippen LogP contribution in [-0.4, -0.2) is 11.0 Å². The SMILES string of the molecule is CCC(=O)Oc1cccnc1Oc1ccccc1. The first kappa shape index (κ1) is 12.1. The summed E-state index contributed by atoms with van der Waals surface area (Å²) in [7, 11) is 0. The van der Waals surface area contributed by atoms with Crippen molar-refractivity contribution in [2.45, 2.75) is 13.3 Å². The van der Waals surface area contributed by atoms with E-state index in [1.54, 1.807) is 37.4 Å². The van der Waals surface area contributed by atoms with Crippen molar-refractivity contribution in [2.24, 2.45) is 0 Å². The number of aromatic nitrogens is 1. The number of carbonyl (C=O) groups excluding carboxylic acids is 1. The number of carbonyl (C=O) groups is 1. The maximum atomic E-state index is 11.3. The summed E-state index contributed by atoms with van der Waals surface area (Å²) in [6.45, 7) is 1.73. The zero-order valence-electron chi connectivity index (χ0n) is 10.00. The van der Waals surface area contributed by atoms with Crippen LogP contribution in [0.3, 0.4) is 0 Å². The van der Waals surface area contributed by atoms with E-state index in [1.807, 2.05) is 18.2 Å². The number of hydrogen-bond donors (Lipinski definition) is 0. The van der Waals surface area contributed by atoms with Crippen molar-refractivity contribution in [1.82, 2.24) is 4.98 Å². The van der Waals surface area contributed by atoms with Crippen LogP contribution in [0.4, 0.5) is 0 Å². The molecule has 4 heteroatoms. The quantitative estimate of drug-likeness (QED) is 0.774. The molecule has 0 radical (unpaired) electrons. The molecule has 0 unspecified atom stereocenters. The number of para-hydroxylation sites is 1. The molecule has 0 aliphatic heterocycles. The van der Waals surface area contributed by atoms with Gasteiger partial charge in [-0.1, -0.05) is 25.1 Å². The van der Waals surface area contributed by atoms with Gasteiger partial charge in [0.15, 0.2) is 5.75 Å². The highest BCUT2D eigenvalue weighted by atomic mass is 16.6. The van der Waals surface area contributed by atoms with Gasteiger partial charge < -0.3 is 9.47 Å². The number of nitrogens with zero attached hydrogens (tertiary/aromatic N) is 1. The fraction of sp³-hybridized carbons (Fsp3) is 0.143. The molecule has 18 heavy (non-hydrogen) atoms. The zero-order chi connectivity index (χ0) is 12.8. The maximum Gasteiger partial charge on any atom is 0.311 e. The first-order chi connectivity index (χ1) is 8.79. The summed E-state index contributed by atoms with van der Waals surface area (Å²) in [4.78, 5) is 15.3. The summed E-state index contributed by atoms with van der Waals surface area (Å²) in [6.07, 6.45) is 1.89. The lowest BCUT2D eigenvalue weighted by Gasteiger charge is -2.09. The molecule has 2 aromatic rings. The molecule has 0 saturated carbocycles. The molecule has 0 amide bonds. The molecule has 0 saturated heterocycles. The summed E-state index contributed by atoms with van der Waals surface area (Å²) in [5.41, 5.74) is 0. The molecular weight excluding hydrogens is 230 g/mol. The van der Waals surface area contributed by atoms with Crippen molar-refractivity contribution < 1.29 is 14.3 Å². The van der Waals surface area contributed by atoms with Crippen molar-refractivity contribution in [3.8, 4) is 17.4 Å². The average Bonchev–Trinajstić information content (AvgIpc) is 2.42. The monoisotopic (exact) mass is 243 g/mol. The van der Waals surface area contributed by atoms with Crippen molar-refractivity contribution in [1.29, 1.82) is 0 Å². The number of rotatable bonds is 4. The number of hydrogen-bond acceptors (Lipinski definition) is 4. The van der Waals surface area contributed by atoms with E-state index in [1.165, 1.54) is 0 Å². The fourth-order valence-electron chi connectivity index (χ4n) is 1.33. The third-order valence-corrected chi connectivity index (χ3v) is 2.21. The van der Waals surface area contributed by atoms with Crippen LogP contribution >= 0.6 is 0 Å². The van der Waals surface area contributed by atoms with Crippen LogP contribution < -0.4 is 9.47 Å². The molecule has 0 spiro atoms. The molecule has 0 N–H and O–H groups in total. The predicted octanol–water partition coefficient (Wildman–Crippen LogP) is 3.19. The molecule has 0 aliphatic rings. The Kier molecular flexibility index (Phi) is 3.91. The molecule has 92 valence electrons. The molecule has 0 atom stereocenters. The Morgan fingerprint density at radius 3 is 2.67 bits per heavy atom. The number of ether oxygens (including phenoxy) is 2. The number of benzene rings is 1. The Bertz CT molecular complexity index is 526. The molecule has 2 rings (SSSR count). The smallest absolute Gasteiger partial charge is 0.311 e. The Hall–Kier alpha value is -2.36. The Balaban J connectivity index is 2.20. The summed E-state index contributed by atoms with van der Waals surface area (Å²) in [6, 6.07) is 12.6. The minimum atomic E-state index is -0.319. The second-order valence-corrected chi connectivity index (χ2v) is 3.55. The zero-order valence-corrected chi connectivity index (χ0v) is 10.00. The fourth-order valence-corrected chi connectivity index (χ4v) is 1.33. The second kappa shape index (κ2) is 5.82. The molecule has 0 bridgehead atoms. The largest absolute Gasteiger partial charge is 0.436 e. The summed E-state index contributed by atoms with van der Waals surface area (Å²) < 4.78 is 10.7. The van der Waals surface area contributed by atoms with E-state index in [4.69, 9.17) is 9.47 Å². The minimum Gasteiger partial charge on any atom is -0.436 e. The molecular formula is C14H13NO3. The van der Waals surface area contributed by atoms with Gasteiger partial charge in [-0.2, -0.15) is 0 Å². The maximum absolute atomic E-state index is 11.3. The van der Waals surface area contributed by atoms with Crippen LogP contribution in [0.15, 0.2) is 48.7 Å². The van der Waals surface area contributed by atoms with Crippen LogP contribution in [-0.2, 0) is 4.79 Å². The van der Waals surface area contributed by atoms with Crippen molar-refractivity contribution in [2.75, 3.05) is 0 Å². The normalized spacial score (nSPS) is 9.83. The van der Waals surface area contributed by atoms with Crippen LogP contribution in [0.25, 0.3) is 0 Å². The molecule has 1 aromatic heterocycles. The van der Waals surface area contributed by atoms with Gasteiger partial charge in [0.2, 0.25) is 0 Å². The van der Waals surface area contributed by atoms with E-state index >= 15 is 0 Å². The Labute approximate surface area is 105 Å². The van der Waals surface area contributed by atoms with Gasteiger partial charge in [-0.15, -0.1) is 0 Å². The lowest BCUT2D eigenvalue weighted by atomic mass is 10.3. The summed E-state index contributed by atoms with van der Waals surface area (Å²) >= 11 is 0. The Morgan fingerprint density at radius 1 is 1.17 bits per heavy atom. The van der Waals surface area contributed by atoms with E-state index in [0.29, 0.717) is 17.9 Å². The van der Waals surface area contributed by atoms with E-state index in [0.717, 1.165) is 0 Å². The standard InChI is InChI=1S/C14H13NO3/c1-2-13(16)18-12-9-6-10-15-14(12)17-11-7-4-3-5-8-11/h3-10H,2H2,1H3. The Morgan fingerprint density at radius 2 is 1.94 bits per heavy atom. The molecule has 1 heterocycles. The summed E-state index contributed by atoms with van der Waals surface area (Å²) in [5.74, 6) is 0.935. The predicted molar refractivity (Wildman–Crippen MR) is 66.7 cm³/mol. The van der Waals surface area contributed by atoms with Gasteiger partial charge in [0, 0.05) is 12.6 Å². The van der Waals surface area contributed by atoms with Gasteiger partial charge in [-0.3, -0.25) is 4.79 Å². The second-order valence-electron chi connectivity index (χ2n) is 3.55. The highest BCUT2D eigenvalue weighted by molar-refractivity contribution is 5.72. The average molecular weight is 243 g/mol. The van der Waals surface area contributed by atoms with Gasteiger partial charge in [-0.25, -0.2) is 4.98 Å². The molecule has 0 aliphatic carbocycles. The van der Waals surface area contributed by atoms with Crippen LogP contribution in [0, 0.1) is 0 Å². The highest BCUT2D eigenvalue weighted by Crippen LogP contribution is 2.28. The van der Waals surface area contributed by atoms with E-state index in [9.17, 15) is 4.79 Å². The molecule has 0 fully saturated rings. The van der Waals surface area contributed by atoms with Gasteiger partial charge in [-0.05, 0) is 24.3 Å². The first-order valence-corrected chi connectivity index (χ1v) is 5.68. The van der Waals surface area contributed by atoms with E-state index in [-0.39, 0.29) is 11.8 Å². The minimum absolute atomic E-state index is 0.283. The lowest BCUT2D eigenvalue weighted by Crippen LogP contribution is -2.06. The third kappa shape index (κ3) is 3.07. The number of esters is 1. The molecule has 4 nitrogen and oxygen atoms in total. The van der Waals surface area contributed by atoms with E-state index in [2.05, 4.69) is 4.98 Å². The van der Waals surface area contributed by atoms with Gasteiger partial charge in [0.05, 0.1) is 0 Å². The van der Waals surface area contributed by atoms with Crippen LogP contribution in [0.5, 0.6) is 17.4 Å². The van der Waals surface area contributed by atoms with Crippen LogP contribution in [0.1, 0.15) is 13.3 Å². The van der Waals surface area contributed by atoms with Crippen molar-refractivity contribution >= 4 is 5.97 Å². The summed E-state index contributed by atoms with van der Waals surface area (Å²) in [5, 5.41) is 0. The van der Waals surface area contributed by atoms with Gasteiger partial charge in [0.1, 0.15) is 5.75 Å².